The number of nitrogens with zero attached hydrogens (tertiary/aromatic N) is 2. The smallest absolute Gasteiger partial charge is 0.334 e. The Balaban J connectivity index is 2.63. The van der Waals surface area contributed by atoms with Crippen LogP contribution < -0.4 is 0 Å². The number of methoxy groups -OCH3 is 1. The van der Waals surface area contributed by atoms with Gasteiger partial charge in [-0.1, -0.05) is 0 Å². The van der Waals surface area contributed by atoms with Crippen LogP contribution in [0.25, 0.3) is 0 Å². The quantitative estimate of drug-likeness (QED) is 0.336. The lowest BCUT2D eigenvalue weighted by atomic mass is 10.5. The molecule has 0 radical (unpaired) electrons. The van der Waals surface area contributed by atoms with E-state index < -0.39 is 0 Å². The van der Waals surface area contributed by atoms with Crippen molar-refractivity contribution in [2.24, 2.45) is 0 Å². The fraction of sp³-hybridized carbons (Fsp3) is 0.625. The lowest BCUT2D eigenvalue weighted by Gasteiger charge is -2.17. The molecule has 0 unspecified atom stereocenters. The maximum absolute atomic E-state index is 10.9. The number of rotatable bonds is 3. The van der Waals surface area contributed by atoms with E-state index in [9.17, 15) is 4.79 Å². The predicted molar refractivity (Wildman–Crippen MR) is 45.4 cm³/mol. The molecule has 0 spiro atoms. The summed E-state index contributed by atoms with van der Waals surface area (Å²) >= 11 is 0. The third kappa shape index (κ3) is 2.15. The molecule has 0 aromatic heterocycles. The third-order valence-corrected chi connectivity index (χ3v) is 1.68. The Morgan fingerprint density at radius 1 is 1.50 bits per heavy atom. The molecule has 0 N–H and O–H groups in total. The molecule has 4 nitrogen and oxygen atoms in total. The van der Waals surface area contributed by atoms with Gasteiger partial charge in [0.25, 0.3) is 0 Å². The Morgan fingerprint density at radius 3 is 2.42 bits per heavy atom. The molecule has 4 heteroatoms. The second kappa shape index (κ2) is 3.47. The van der Waals surface area contributed by atoms with E-state index >= 15 is 0 Å². The van der Waals surface area contributed by atoms with Gasteiger partial charge in [-0.05, 0) is 0 Å². The van der Waals surface area contributed by atoms with Crippen LogP contribution >= 0.6 is 0 Å². The maximum atomic E-state index is 10.9. The van der Waals surface area contributed by atoms with Gasteiger partial charge < -0.3 is 14.5 Å². The normalized spacial score (nSPS) is 15.9. The first kappa shape index (κ1) is 8.90. The van der Waals surface area contributed by atoms with Crippen LogP contribution in [0.15, 0.2) is 11.9 Å². The standard InChI is InChI=1S/C8H14N2O2/c1-9(2)7(10-4-5-10)6-8(11)12-3/h6H,4-5H2,1-3H3/b7-6-. The van der Waals surface area contributed by atoms with Crippen LogP contribution in [0, 0.1) is 0 Å². The summed E-state index contributed by atoms with van der Waals surface area (Å²) in [4.78, 5) is 14.9. The van der Waals surface area contributed by atoms with E-state index in [0.29, 0.717) is 0 Å². The highest BCUT2D eigenvalue weighted by atomic mass is 16.5. The number of esters is 1. The molecule has 0 aliphatic carbocycles. The van der Waals surface area contributed by atoms with Crippen molar-refractivity contribution >= 4 is 5.97 Å². The van der Waals surface area contributed by atoms with Crippen LogP contribution in [0.4, 0.5) is 0 Å². The number of ether oxygens (including phenoxy) is 1. The molecule has 12 heavy (non-hydrogen) atoms. The number of carbonyl (C=O) groups is 1. The summed E-state index contributed by atoms with van der Waals surface area (Å²) in [7, 11) is 5.20. The minimum absolute atomic E-state index is 0.300. The second-order valence-electron chi connectivity index (χ2n) is 2.91. The summed E-state index contributed by atoms with van der Waals surface area (Å²) in [6, 6.07) is 0. The van der Waals surface area contributed by atoms with Gasteiger partial charge in [-0.3, -0.25) is 0 Å². The maximum Gasteiger partial charge on any atom is 0.334 e. The molecule has 1 aliphatic rings. The predicted octanol–water partition coefficient (Wildman–Crippen LogP) is -0.122. The molecule has 0 atom stereocenters. The van der Waals surface area contributed by atoms with E-state index in [2.05, 4.69) is 9.64 Å². The summed E-state index contributed by atoms with van der Waals surface area (Å²) < 4.78 is 4.54. The minimum Gasteiger partial charge on any atom is -0.466 e. The van der Waals surface area contributed by atoms with E-state index in [1.807, 2.05) is 19.0 Å². The topological polar surface area (TPSA) is 32.5 Å². The highest BCUT2D eigenvalue weighted by Gasteiger charge is 2.22. The zero-order chi connectivity index (χ0) is 9.14. The number of carbonyl (C=O) groups excluding carboxylic acids is 1. The second-order valence-corrected chi connectivity index (χ2v) is 2.91. The molecule has 68 valence electrons. The van der Waals surface area contributed by atoms with Crippen molar-refractivity contribution in [2.45, 2.75) is 0 Å². The fourth-order valence-electron chi connectivity index (χ4n) is 0.947. The van der Waals surface area contributed by atoms with E-state index in [1.54, 1.807) is 0 Å². The molecule has 1 aliphatic heterocycles. The van der Waals surface area contributed by atoms with Crippen molar-refractivity contribution in [3.05, 3.63) is 11.9 Å². The van der Waals surface area contributed by atoms with Crippen molar-refractivity contribution in [2.75, 3.05) is 34.3 Å². The van der Waals surface area contributed by atoms with Gasteiger partial charge in [0.05, 0.1) is 13.2 Å². The Morgan fingerprint density at radius 2 is 2.08 bits per heavy atom. The van der Waals surface area contributed by atoms with Crippen LogP contribution in [0.5, 0.6) is 0 Å². The molecule has 1 rings (SSSR count). The van der Waals surface area contributed by atoms with Gasteiger partial charge in [0, 0.05) is 27.2 Å². The summed E-state index contributed by atoms with van der Waals surface area (Å²) in [5, 5.41) is 0. The molecule has 0 aromatic rings. The number of hydrogen-bond acceptors (Lipinski definition) is 4. The highest BCUT2D eigenvalue weighted by molar-refractivity contribution is 5.82. The van der Waals surface area contributed by atoms with E-state index in [1.165, 1.54) is 13.2 Å². The van der Waals surface area contributed by atoms with Crippen molar-refractivity contribution in [1.82, 2.24) is 9.80 Å². The zero-order valence-electron chi connectivity index (χ0n) is 7.70. The van der Waals surface area contributed by atoms with Gasteiger partial charge in [-0.2, -0.15) is 0 Å². The molecule has 0 saturated carbocycles. The monoisotopic (exact) mass is 170 g/mol. The van der Waals surface area contributed by atoms with Crippen molar-refractivity contribution in [3.8, 4) is 0 Å². The molecular weight excluding hydrogens is 156 g/mol. The molecule has 0 amide bonds. The van der Waals surface area contributed by atoms with Gasteiger partial charge in [0.15, 0.2) is 0 Å². The molecular formula is C8H14N2O2. The van der Waals surface area contributed by atoms with Gasteiger partial charge >= 0.3 is 5.97 Å². The van der Waals surface area contributed by atoms with E-state index in [-0.39, 0.29) is 5.97 Å². The Hall–Kier alpha value is -1.19. The van der Waals surface area contributed by atoms with Crippen LogP contribution in [0.2, 0.25) is 0 Å². The van der Waals surface area contributed by atoms with E-state index in [4.69, 9.17) is 0 Å². The first-order chi connectivity index (χ1) is 5.65. The largest absolute Gasteiger partial charge is 0.466 e. The summed E-state index contributed by atoms with van der Waals surface area (Å²) in [6.45, 7) is 2.06. The van der Waals surface area contributed by atoms with Gasteiger partial charge in [0.2, 0.25) is 0 Å². The average Bonchev–Trinajstić information content (AvgIpc) is 2.81. The van der Waals surface area contributed by atoms with Crippen LogP contribution in [-0.4, -0.2) is 50.1 Å². The summed E-state index contributed by atoms with van der Waals surface area (Å²) in [5.74, 6) is 0.618. The Labute approximate surface area is 72.4 Å². The van der Waals surface area contributed by atoms with Gasteiger partial charge in [-0.15, -0.1) is 0 Å². The number of hydrogen-bond donors (Lipinski definition) is 0. The minimum atomic E-state index is -0.300. The molecule has 1 heterocycles. The van der Waals surface area contributed by atoms with Gasteiger partial charge in [0.1, 0.15) is 5.82 Å². The first-order valence-corrected chi connectivity index (χ1v) is 3.87. The summed E-state index contributed by atoms with van der Waals surface area (Å²) in [5.41, 5.74) is 0. The third-order valence-electron chi connectivity index (χ3n) is 1.68. The SMILES string of the molecule is COC(=O)/C=C(/N(C)C)N1CC1. The average molecular weight is 170 g/mol. The molecule has 0 aromatic carbocycles. The van der Waals surface area contributed by atoms with Crippen LogP contribution in [0.3, 0.4) is 0 Å². The fourth-order valence-corrected chi connectivity index (χ4v) is 0.947. The first-order valence-electron chi connectivity index (χ1n) is 3.87. The van der Waals surface area contributed by atoms with Gasteiger partial charge in [-0.25, -0.2) is 4.79 Å². The highest BCUT2D eigenvalue weighted by Crippen LogP contribution is 2.15. The van der Waals surface area contributed by atoms with Crippen LogP contribution in [-0.2, 0) is 9.53 Å². The zero-order valence-corrected chi connectivity index (χ0v) is 7.70. The molecule has 0 bridgehead atoms. The lowest BCUT2D eigenvalue weighted by molar-refractivity contribution is -0.135. The molecule has 1 fully saturated rings. The lowest BCUT2D eigenvalue weighted by Crippen LogP contribution is -2.19. The van der Waals surface area contributed by atoms with Crippen molar-refractivity contribution < 1.29 is 9.53 Å². The molecule has 1 saturated heterocycles. The van der Waals surface area contributed by atoms with Crippen molar-refractivity contribution in [3.63, 3.8) is 0 Å². The Bertz CT molecular complexity index is 203. The Kier molecular flexibility index (Phi) is 2.58. The summed E-state index contributed by atoms with van der Waals surface area (Å²) in [6.07, 6.45) is 1.51. The van der Waals surface area contributed by atoms with Crippen molar-refractivity contribution in [1.29, 1.82) is 0 Å². The van der Waals surface area contributed by atoms with Crippen LogP contribution in [0.1, 0.15) is 0 Å². The van der Waals surface area contributed by atoms with E-state index in [0.717, 1.165) is 18.9 Å².